The number of fused-ring (bicyclic) bond motifs is 1. The van der Waals surface area contributed by atoms with E-state index in [-0.39, 0.29) is 15.9 Å². The molecule has 30 heavy (non-hydrogen) atoms. The molecule has 0 fully saturated rings. The van der Waals surface area contributed by atoms with Gasteiger partial charge in [-0.2, -0.15) is 0 Å². The second kappa shape index (κ2) is 9.76. The molecule has 162 valence electrons. The summed E-state index contributed by atoms with van der Waals surface area (Å²) in [5, 5.41) is 0. The van der Waals surface area contributed by atoms with Crippen LogP contribution in [-0.2, 0) is 23.0 Å². The van der Waals surface area contributed by atoms with E-state index in [4.69, 9.17) is 4.74 Å². The van der Waals surface area contributed by atoms with Crippen molar-refractivity contribution in [1.29, 1.82) is 0 Å². The van der Waals surface area contributed by atoms with E-state index in [1.165, 1.54) is 0 Å². The minimum Gasteiger partial charge on any atom is -0.491 e. The Hall–Kier alpha value is -2.16. The lowest BCUT2D eigenvalue weighted by Crippen LogP contribution is -2.25. The first kappa shape index (κ1) is 22.5. The van der Waals surface area contributed by atoms with Gasteiger partial charge in [-0.05, 0) is 69.0 Å². The van der Waals surface area contributed by atoms with E-state index in [0.29, 0.717) is 24.2 Å². The third-order valence-corrected chi connectivity index (χ3v) is 7.00. The first-order valence-electron chi connectivity index (χ1n) is 10.2. The minimum atomic E-state index is -3.63. The highest BCUT2D eigenvalue weighted by atomic mass is 32.2. The van der Waals surface area contributed by atoms with Crippen molar-refractivity contribution < 1.29 is 13.2 Å². The molecule has 0 atom stereocenters. The van der Waals surface area contributed by atoms with E-state index in [9.17, 15) is 13.2 Å². The molecule has 0 saturated heterocycles. The van der Waals surface area contributed by atoms with E-state index < -0.39 is 10.0 Å². The molecule has 0 unspecified atom stereocenters. The zero-order valence-corrected chi connectivity index (χ0v) is 19.2. The van der Waals surface area contributed by atoms with Gasteiger partial charge in [-0.1, -0.05) is 30.4 Å². The van der Waals surface area contributed by atoms with Crippen LogP contribution in [0.1, 0.15) is 39.2 Å². The van der Waals surface area contributed by atoms with Crippen molar-refractivity contribution >= 4 is 31.6 Å². The third kappa shape index (κ3) is 5.50. The van der Waals surface area contributed by atoms with Gasteiger partial charge in [-0.25, -0.2) is 13.1 Å². The smallest absolute Gasteiger partial charge is 0.308 e. The summed E-state index contributed by atoms with van der Waals surface area (Å²) in [7, 11) is -3.63. The second-order valence-corrected chi connectivity index (χ2v) is 10.2. The molecule has 0 aliphatic carbocycles. The molecule has 0 aliphatic heterocycles. The predicted molar refractivity (Wildman–Crippen MR) is 122 cm³/mol. The number of aryl methyl sites for hydroxylation is 2. The molecular weight excluding hydrogens is 420 g/mol. The number of nitrogens with one attached hydrogen (secondary N) is 1. The maximum absolute atomic E-state index is 12.7. The molecule has 3 rings (SSSR count). The van der Waals surface area contributed by atoms with Crippen LogP contribution in [0, 0.1) is 0 Å². The van der Waals surface area contributed by atoms with Gasteiger partial charge in [0.15, 0.2) is 0 Å². The molecule has 0 radical (unpaired) electrons. The van der Waals surface area contributed by atoms with Crippen molar-refractivity contribution in [3.8, 4) is 5.75 Å². The van der Waals surface area contributed by atoms with Gasteiger partial charge in [-0.3, -0.25) is 9.36 Å². The van der Waals surface area contributed by atoms with Gasteiger partial charge in [0, 0.05) is 13.1 Å². The van der Waals surface area contributed by atoms with Crippen molar-refractivity contribution in [3.05, 3.63) is 57.7 Å². The Kier molecular flexibility index (Phi) is 7.33. The van der Waals surface area contributed by atoms with Crippen molar-refractivity contribution in [2.24, 2.45) is 0 Å². The predicted octanol–water partition coefficient (Wildman–Crippen LogP) is 4.17. The average molecular weight is 449 g/mol. The molecule has 8 heteroatoms. The Bertz CT molecular complexity index is 1160. The number of sulfonamides is 1. The Morgan fingerprint density at radius 2 is 1.97 bits per heavy atom. The van der Waals surface area contributed by atoms with Crippen molar-refractivity contribution in [2.75, 3.05) is 6.54 Å². The van der Waals surface area contributed by atoms with Crippen molar-refractivity contribution in [2.45, 2.75) is 57.6 Å². The Morgan fingerprint density at radius 1 is 1.17 bits per heavy atom. The molecule has 1 heterocycles. The second-order valence-electron chi connectivity index (χ2n) is 7.46. The van der Waals surface area contributed by atoms with Crippen LogP contribution in [0.15, 0.2) is 52.2 Å². The van der Waals surface area contributed by atoms with Crippen molar-refractivity contribution in [1.82, 2.24) is 9.29 Å². The number of ether oxygens (including phenoxy) is 1. The highest BCUT2D eigenvalue weighted by molar-refractivity contribution is 7.89. The molecule has 0 spiro atoms. The zero-order chi connectivity index (χ0) is 21.7. The van der Waals surface area contributed by atoms with Crippen LogP contribution in [0.4, 0.5) is 0 Å². The van der Waals surface area contributed by atoms with E-state index in [1.54, 1.807) is 22.8 Å². The summed E-state index contributed by atoms with van der Waals surface area (Å²) in [4.78, 5) is 12.3. The van der Waals surface area contributed by atoms with Crippen LogP contribution in [0.5, 0.6) is 5.75 Å². The Morgan fingerprint density at radius 3 is 2.70 bits per heavy atom. The molecule has 0 saturated carbocycles. The molecule has 0 bridgehead atoms. The van der Waals surface area contributed by atoms with Crippen molar-refractivity contribution in [3.63, 3.8) is 0 Å². The molecule has 0 amide bonds. The molecule has 0 aliphatic rings. The van der Waals surface area contributed by atoms with Crippen LogP contribution in [0.25, 0.3) is 10.2 Å². The van der Waals surface area contributed by atoms with Crippen LogP contribution in [-0.4, -0.2) is 25.6 Å². The van der Waals surface area contributed by atoms with E-state index in [1.807, 2.05) is 45.0 Å². The van der Waals surface area contributed by atoms with Gasteiger partial charge in [0.1, 0.15) is 5.75 Å². The average Bonchev–Trinajstić information content (AvgIpc) is 3.00. The lowest BCUT2D eigenvalue weighted by atomic mass is 10.1. The molecule has 2 aromatic carbocycles. The molecule has 6 nitrogen and oxygen atoms in total. The maximum Gasteiger partial charge on any atom is 0.308 e. The van der Waals surface area contributed by atoms with Gasteiger partial charge in [0.25, 0.3) is 0 Å². The maximum atomic E-state index is 12.7. The van der Waals surface area contributed by atoms with Crippen LogP contribution in [0.2, 0.25) is 0 Å². The molecule has 1 aromatic heterocycles. The summed E-state index contributed by atoms with van der Waals surface area (Å²) in [6.07, 6.45) is 2.38. The first-order valence-corrected chi connectivity index (χ1v) is 12.5. The largest absolute Gasteiger partial charge is 0.491 e. The lowest BCUT2D eigenvalue weighted by molar-refractivity contribution is 0.242. The molecule has 1 N–H and O–H groups in total. The van der Waals surface area contributed by atoms with E-state index in [2.05, 4.69) is 4.72 Å². The number of hydrogen-bond acceptors (Lipinski definition) is 5. The standard InChI is InChI=1S/C22H28N2O4S2/c1-4-13-24-20-11-10-19(15-21(20)29-22(24)25)30(26,27)23-12-6-8-17-7-5-9-18(14-17)28-16(2)3/h5,7,9-11,14-16,23H,4,6,8,12-13H2,1-3H3. The topological polar surface area (TPSA) is 77.4 Å². The lowest BCUT2D eigenvalue weighted by Gasteiger charge is -2.11. The highest BCUT2D eigenvalue weighted by Crippen LogP contribution is 2.22. The number of aromatic nitrogens is 1. The first-order chi connectivity index (χ1) is 14.3. The monoisotopic (exact) mass is 448 g/mol. The quantitative estimate of drug-likeness (QED) is 0.472. The minimum absolute atomic E-state index is 0.0574. The summed E-state index contributed by atoms with van der Waals surface area (Å²) in [5.41, 5.74) is 1.89. The van der Waals surface area contributed by atoms with Crippen LogP contribution < -0.4 is 14.3 Å². The normalized spacial score (nSPS) is 12.0. The fourth-order valence-corrected chi connectivity index (χ4v) is 5.41. The summed E-state index contributed by atoms with van der Waals surface area (Å²) in [6.45, 7) is 6.94. The zero-order valence-electron chi connectivity index (χ0n) is 17.6. The van der Waals surface area contributed by atoms with Gasteiger partial charge in [-0.15, -0.1) is 0 Å². The van der Waals surface area contributed by atoms with Gasteiger partial charge in [0.05, 0.1) is 21.2 Å². The van der Waals surface area contributed by atoms with Crippen LogP contribution >= 0.6 is 11.3 Å². The number of benzene rings is 2. The Balaban J connectivity index is 1.62. The Labute approximate surface area is 181 Å². The third-order valence-electron chi connectivity index (χ3n) is 4.60. The summed E-state index contributed by atoms with van der Waals surface area (Å²) >= 11 is 1.08. The highest BCUT2D eigenvalue weighted by Gasteiger charge is 2.16. The SMILES string of the molecule is CCCn1c(=O)sc2cc(S(=O)(=O)NCCCc3cccc(OC(C)C)c3)ccc21. The fourth-order valence-electron chi connectivity index (χ4n) is 3.28. The summed E-state index contributed by atoms with van der Waals surface area (Å²) < 4.78 is 36.1. The summed E-state index contributed by atoms with van der Waals surface area (Å²) in [5.74, 6) is 0.824. The number of nitrogens with zero attached hydrogens (tertiary/aromatic N) is 1. The molecule has 3 aromatic rings. The number of rotatable bonds is 10. The van der Waals surface area contributed by atoms with Gasteiger partial charge in [0.2, 0.25) is 10.0 Å². The van der Waals surface area contributed by atoms with Gasteiger partial charge < -0.3 is 4.74 Å². The fraction of sp³-hybridized carbons (Fsp3) is 0.409. The number of hydrogen-bond donors (Lipinski definition) is 1. The van der Waals surface area contributed by atoms with E-state index in [0.717, 1.165) is 41.0 Å². The van der Waals surface area contributed by atoms with Crippen LogP contribution in [0.3, 0.4) is 0 Å². The van der Waals surface area contributed by atoms with E-state index >= 15 is 0 Å². The number of thiazole rings is 1. The summed E-state index contributed by atoms with van der Waals surface area (Å²) in [6, 6.07) is 12.7. The molecular formula is C22H28N2O4S2. The van der Waals surface area contributed by atoms with Gasteiger partial charge >= 0.3 is 4.87 Å².